The quantitative estimate of drug-likeness (QED) is 0.613. The molecule has 0 bridgehead atoms. The summed E-state index contributed by atoms with van der Waals surface area (Å²) in [4.78, 5) is 15.4. The standard InChI is InChI=1S/C25H26FNO4/c1-3-20-22(4-2)27-25(16-5-6-16)21(24(20)15-7-9-17(26)10-8-15)12-11-18(28)13-19(29)14-23(30)31/h3-4,7-12,16,18-19,28-29H,1-2,5-6,13-14H2,(H,30,31)/p-1/b12-11-/t18-,19-/m1/s1. The Morgan fingerprint density at radius 2 is 1.87 bits per heavy atom. The van der Waals surface area contributed by atoms with Gasteiger partial charge in [-0.3, -0.25) is 4.98 Å². The van der Waals surface area contributed by atoms with Crippen molar-refractivity contribution in [3.8, 4) is 11.1 Å². The second kappa shape index (κ2) is 9.81. The SMILES string of the molecule is C=Cc1nc(C2CC2)c(/C=C\[C@@H](O)C[C@@H](O)CC(=O)[O-])c(-c2ccc(F)cc2)c1C=C. The van der Waals surface area contributed by atoms with Crippen molar-refractivity contribution in [2.24, 2.45) is 0 Å². The monoisotopic (exact) mass is 422 g/mol. The van der Waals surface area contributed by atoms with Crippen LogP contribution in [0.5, 0.6) is 0 Å². The number of aromatic nitrogens is 1. The molecule has 1 heterocycles. The third-order valence-electron chi connectivity index (χ3n) is 5.23. The summed E-state index contributed by atoms with van der Waals surface area (Å²) in [6, 6.07) is 6.12. The molecule has 162 valence electrons. The predicted molar refractivity (Wildman–Crippen MR) is 117 cm³/mol. The van der Waals surface area contributed by atoms with Crippen molar-refractivity contribution in [3.05, 3.63) is 71.8 Å². The Kier molecular flexibility index (Phi) is 7.15. The number of nitrogens with zero attached hydrogens (tertiary/aromatic N) is 1. The topological polar surface area (TPSA) is 93.5 Å². The minimum atomic E-state index is -1.38. The zero-order valence-corrected chi connectivity index (χ0v) is 17.1. The average Bonchev–Trinajstić information content (AvgIpc) is 3.56. The molecule has 5 nitrogen and oxygen atoms in total. The molecular weight excluding hydrogens is 397 g/mol. The Hall–Kier alpha value is -3.09. The van der Waals surface area contributed by atoms with Crippen molar-refractivity contribution >= 4 is 24.2 Å². The first kappa shape index (κ1) is 22.6. The van der Waals surface area contributed by atoms with Crippen LogP contribution in [0.15, 0.2) is 43.5 Å². The number of aliphatic hydroxyl groups excluding tert-OH is 2. The molecule has 2 aromatic rings. The van der Waals surface area contributed by atoms with E-state index in [2.05, 4.69) is 13.2 Å². The Bertz CT molecular complexity index is 1010. The fourth-order valence-corrected chi connectivity index (χ4v) is 3.62. The van der Waals surface area contributed by atoms with Crippen LogP contribution in [-0.2, 0) is 4.79 Å². The lowest BCUT2D eigenvalue weighted by atomic mass is 9.90. The number of carbonyl (C=O) groups is 1. The Balaban J connectivity index is 2.08. The molecule has 1 saturated carbocycles. The molecule has 0 amide bonds. The van der Waals surface area contributed by atoms with Gasteiger partial charge < -0.3 is 20.1 Å². The first-order chi connectivity index (χ1) is 14.8. The summed E-state index contributed by atoms with van der Waals surface area (Å²) in [6.45, 7) is 7.77. The van der Waals surface area contributed by atoms with Gasteiger partial charge in [-0.25, -0.2) is 4.39 Å². The van der Waals surface area contributed by atoms with Gasteiger partial charge in [0, 0.05) is 41.4 Å². The number of benzene rings is 1. The van der Waals surface area contributed by atoms with Crippen molar-refractivity contribution in [2.75, 3.05) is 0 Å². The van der Waals surface area contributed by atoms with E-state index in [0.717, 1.165) is 40.8 Å². The maximum Gasteiger partial charge on any atom is 0.123 e. The molecule has 31 heavy (non-hydrogen) atoms. The summed E-state index contributed by atoms with van der Waals surface area (Å²) in [5.41, 5.74) is 4.65. The summed E-state index contributed by atoms with van der Waals surface area (Å²) < 4.78 is 13.5. The van der Waals surface area contributed by atoms with Crippen LogP contribution in [0.1, 0.15) is 54.1 Å². The molecule has 1 aliphatic rings. The molecule has 0 radical (unpaired) electrons. The van der Waals surface area contributed by atoms with Gasteiger partial charge in [0.05, 0.1) is 23.6 Å². The highest BCUT2D eigenvalue weighted by Gasteiger charge is 2.30. The molecule has 1 aliphatic carbocycles. The van der Waals surface area contributed by atoms with Crippen LogP contribution < -0.4 is 5.11 Å². The minimum Gasteiger partial charge on any atom is -0.550 e. The van der Waals surface area contributed by atoms with Crippen LogP contribution in [0.25, 0.3) is 29.4 Å². The van der Waals surface area contributed by atoms with Crippen molar-refractivity contribution < 1.29 is 24.5 Å². The molecule has 0 spiro atoms. The summed E-state index contributed by atoms with van der Waals surface area (Å²) in [5.74, 6) is -1.45. The lowest BCUT2D eigenvalue weighted by Gasteiger charge is -2.18. The number of pyridine rings is 1. The van der Waals surface area contributed by atoms with E-state index in [1.807, 2.05) is 0 Å². The van der Waals surface area contributed by atoms with Gasteiger partial charge in [-0.15, -0.1) is 0 Å². The van der Waals surface area contributed by atoms with Gasteiger partial charge in [-0.05, 0) is 36.6 Å². The van der Waals surface area contributed by atoms with Gasteiger partial charge in [0.1, 0.15) is 5.82 Å². The van der Waals surface area contributed by atoms with Gasteiger partial charge in [-0.2, -0.15) is 0 Å². The van der Waals surface area contributed by atoms with E-state index in [-0.39, 0.29) is 18.2 Å². The number of rotatable bonds is 10. The van der Waals surface area contributed by atoms with Crippen LogP contribution in [0.2, 0.25) is 0 Å². The van der Waals surface area contributed by atoms with Crippen LogP contribution in [0.3, 0.4) is 0 Å². The lowest BCUT2D eigenvalue weighted by Crippen LogP contribution is -2.29. The Labute approximate surface area is 180 Å². The van der Waals surface area contributed by atoms with Crippen LogP contribution in [0.4, 0.5) is 4.39 Å². The number of carboxylic acids is 1. The zero-order chi connectivity index (χ0) is 22.5. The number of carboxylic acid groups (broad SMARTS) is 1. The predicted octanol–water partition coefficient (Wildman–Crippen LogP) is 3.32. The highest BCUT2D eigenvalue weighted by molar-refractivity contribution is 5.87. The van der Waals surface area contributed by atoms with Crippen molar-refractivity contribution in [2.45, 2.75) is 43.8 Å². The number of aliphatic hydroxyl groups is 2. The van der Waals surface area contributed by atoms with Gasteiger partial charge >= 0.3 is 0 Å². The fraction of sp³-hybridized carbons (Fsp3) is 0.280. The smallest absolute Gasteiger partial charge is 0.123 e. The maximum absolute atomic E-state index is 13.5. The molecule has 1 fully saturated rings. The Morgan fingerprint density at radius 1 is 1.19 bits per heavy atom. The number of hydrogen-bond donors (Lipinski definition) is 2. The summed E-state index contributed by atoms with van der Waals surface area (Å²) in [7, 11) is 0. The molecule has 2 atom stereocenters. The van der Waals surface area contributed by atoms with E-state index >= 15 is 0 Å². The molecule has 0 aliphatic heterocycles. The lowest BCUT2D eigenvalue weighted by molar-refractivity contribution is -0.307. The molecule has 1 aromatic heterocycles. The molecule has 1 aromatic carbocycles. The molecule has 2 N–H and O–H groups in total. The normalized spacial score (nSPS) is 15.6. The van der Waals surface area contributed by atoms with Crippen molar-refractivity contribution in [1.29, 1.82) is 0 Å². The van der Waals surface area contributed by atoms with E-state index in [4.69, 9.17) is 4.98 Å². The fourth-order valence-electron chi connectivity index (χ4n) is 3.62. The van der Waals surface area contributed by atoms with E-state index < -0.39 is 24.6 Å². The number of aliphatic carboxylic acids is 1. The summed E-state index contributed by atoms with van der Waals surface area (Å²) in [5, 5.41) is 30.7. The van der Waals surface area contributed by atoms with Crippen molar-refractivity contribution in [1.82, 2.24) is 4.98 Å². The highest BCUT2D eigenvalue weighted by Crippen LogP contribution is 2.45. The third kappa shape index (κ3) is 5.54. The van der Waals surface area contributed by atoms with E-state index in [1.54, 1.807) is 30.4 Å². The largest absolute Gasteiger partial charge is 0.550 e. The number of hydrogen-bond acceptors (Lipinski definition) is 5. The van der Waals surface area contributed by atoms with Gasteiger partial charge in [0.2, 0.25) is 0 Å². The van der Waals surface area contributed by atoms with Crippen LogP contribution >= 0.6 is 0 Å². The molecule has 3 rings (SSSR count). The van der Waals surface area contributed by atoms with Crippen LogP contribution in [-0.4, -0.2) is 33.4 Å². The summed E-state index contributed by atoms with van der Waals surface area (Å²) >= 11 is 0. The van der Waals surface area contributed by atoms with Gasteiger partial charge in [0.25, 0.3) is 0 Å². The van der Waals surface area contributed by atoms with E-state index in [0.29, 0.717) is 5.69 Å². The zero-order valence-electron chi connectivity index (χ0n) is 17.1. The van der Waals surface area contributed by atoms with E-state index in [1.165, 1.54) is 18.2 Å². The average molecular weight is 422 g/mol. The first-order valence-electron chi connectivity index (χ1n) is 10.2. The van der Waals surface area contributed by atoms with Gasteiger partial charge in [-0.1, -0.05) is 43.5 Å². The van der Waals surface area contributed by atoms with E-state index in [9.17, 15) is 24.5 Å². The number of carbonyl (C=O) groups excluding carboxylic acids is 1. The second-order valence-electron chi connectivity index (χ2n) is 7.67. The Morgan fingerprint density at radius 3 is 2.42 bits per heavy atom. The van der Waals surface area contributed by atoms with Crippen molar-refractivity contribution in [3.63, 3.8) is 0 Å². The molecular formula is C25H25FNO4-. The van der Waals surface area contributed by atoms with Gasteiger partial charge in [0.15, 0.2) is 0 Å². The molecule has 0 unspecified atom stereocenters. The molecule has 0 saturated heterocycles. The summed E-state index contributed by atoms with van der Waals surface area (Å²) in [6.07, 6.45) is 5.61. The minimum absolute atomic E-state index is 0.137. The third-order valence-corrected chi connectivity index (χ3v) is 5.23. The first-order valence-corrected chi connectivity index (χ1v) is 10.2. The molecule has 6 heteroatoms. The van der Waals surface area contributed by atoms with Crippen LogP contribution in [0, 0.1) is 5.82 Å². The maximum atomic E-state index is 13.5. The number of halogens is 1. The second-order valence-corrected chi connectivity index (χ2v) is 7.67. The highest BCUT2D eigenvalue weighted by atomic mass is 19.1.